The minimum atomic E-state index is -0.587. The molecule has 0 spiro atoms. The molecule has 32 heavy (non-hydrogen) atoms. The van der Waals surface area contributed by atoms with Gasteiger partial charge in [0.15, 0.2) is 0 Å². The molecule has 1 aliphatic heterocycles. The lowest BCUT2D eigenvalue weighted by molar-refractivity contribution is -0.151. The molecule has 0 aromatic heterocycles. The Kier molecular flexibility index (Phi) is 6.29. The Labute approximate surface area is 189 Å². The first-order valence-electron chi connectivity index (χ1n) is 11.2. The first-order valence-corrected chi connectivity index (χ1v) is 11.2. The first kappa shape index (κ1) is 22.0. The number of nitrogens with zero attached hydrogens (tertiary/aromatic N) is 3. The van der Waals surface area contributed by atoms with Crippen LogP contribution in [0.3, 0.4) is 0 Å². The van der Waals surface area contributed by atoms with Crippen LogP contribution in [-0.4, -0.2) is 59.5 Å². The van der Waals surface area contributed by atoms with Crippen LogP contribution >= 0.6 is 0 Å². The van der Waals surface area contributed by atoms with Crippen LogP contribution in [0.1, 0.15) is 47.5 Å². The van der Waals surface area contributed by atoms with Gasteiger partial charge in [0.1, 0.15) is 6.04 Å². The SMILES string of the molecule is CN(C)C(=O)c1ccc(-c2ccccc2[C@@H]2[C@H](C#N)N(C(=O)C3CCCC3)[C@H]2CO)cc1. The molecule has 1 aliphatic carbocycles. The van der Waals surface area contributed by atoms with Gasteiger partial charge < -0.3 is 14.9 Å². The van der Waals surface area contributed by atoms with Crippen LogP contribution in [0.2, 0.25) is 0 Å². The molecule has 0 radical (unpaired) electrons. The molecule has 3 atom stereocenters. The topological polar surface area (TPSA) is 84.6 Å². The third kappa shape index (κ3) is 3.78. The molecule has 1 saturated carbocycles. The number of nitriles is 1. The molecule has 166 valence electrons. The minimum Gasteiger partial charge on any atom is -0.394 e. The lowest BCUT2D eigenvalue weighted by Gasteiger charge is -2.52. The Balaban J connectivity index is 1.65. The zero-order valence-electron chi connectivity index (χ0n) is 18.6. The van der Waals surface area contributed by atoms with E-state index in [4.69, 9.17) is 0 Å². The van der Waals surface area contributed by atoms with E-state index in [0.717, 1.165) is 42.4 Å². The van der Waals surface area contributed by atoms with E-state index in [-0.39, 0.29) is 30.3 Å². The maximum Gasteiger partial charge on any atom is 0.253 e. The number of aliphatic hydroxyl groups excluding tert-OH is 1. The van der Waals surface area contributed by atoms with Crippen LogP contribution in [-0.2, 0) is 4.79 Å². The normalized spacial score (nSPS) is 22.8. The van der Waals surface area contributed by atoms with E-state index in [1.165, 1.54) is 4.90 Å². The lowest BCUT2D eigenvalue weighted by atomic mass is 9.73. The Morgan fingerprint density at radius 1 is 1.09 bits per heavy atom. The summed E-state index contributed by atoms with van der Waals surface area (Å²) in [6, 6.07) is 16.6. The summed E-state index contributed by atoms with van der Waals surface area (Å²) in [5.74, 6) is -0.337. The number of hydrogen-bond donors (Lipinski definition) is 1. The number of aliphatic hydroxyl groups is 1. The molecule has 6 nitrogen and oxygen atoms in total. The Bertz CT molecular complexity index is 1040. The molecule has 2 aliphatic rings. The van der Waals surface area contributed by atoms with E-state index in [9.17, 15) is 20.0 Å². The molecular formula is C26H29N3O3. The van der Waals surface area contributed by atoms with E-state index >= 15 is 0 Å². The fraction of sp³-hybridized carbons (Fsp3) is 0.423. The van der Waals surface area contributed by atoms with Gasteiger partial charge in [0.2, 0.25) is 5.91 Å². The summed E-state index contributed by atoms with van der Waals surface area (Å²) in [7, 11) is 3.44. The molecule has 4 rings (SSSR count). The number of hydrogen-bond acceptors (Lipinski definition) is 4. The fourth-order valence-electron chi connectivity index (χ4n) is 5.17. The highest BCUT2D eigenvalue weighted by Gasteiger charge is 2.53. The molecule has 1 saturated heterocycles. The maximum atomic E-state index is 13.1. The number of benzene rings is 2. The van der Waals surface area contributed by atoms with Crippen molar-refractivity contribution in [1.29, 1.82) is 5.26 Å². The smallest absolute Gasteiger partial charge is 0.253 e. The highest BCUT2D eigenvalue weighted by molar-refractivity contribution is 5.94. The molecule has 1 heterocycles. The van der Waals surface area contributed by atoms with Crippen molar-refractivity contribution in [2.24, 2.45) is 5.92 Å². The van der Waals surface area contributed by atoms with Gasteiger partial charge in [-0.2, -0.15) is 5.26 Å². The molecule has 6 heteroatoms. The summed E-state index contributed by atoms with van der Waals surface area (Å²) in [6.07, 6.45) is 3.82. The van der Waals surface area contributed by atoms with Crippen LogP contribution < -0.4 is 0 Å². The van der Waals surface area contributed by atoms with E-state index in [0.29, 0.717) is 5.56 Å². The van der Waals surface area contributed by atoms with Crippen molar-refractivity contribution in [1.82, 2.24) is 9.80 Å². The number of rotatable bonds is 5. The van der Waals surface area contributed by atoms with Crippen LogP contribution in [0.15, 0.2) is 48.5 Å². The van der Waals surface area contributed by atoms with Gasteiger partial charge in [0, 0.05) is 31.5 Å². The second-order valence-electron chi connectivity index (χ2n) is 8.94. The van der Waals surface area contributed by atoms with Crippen LogP contribution in [0, 0.1) is 17.2 Å². The standard InChI is InChI=1S/C26H29N3O3/c1-28(2)25(31)19-13-11-17(12-14-19)20-9-5-6-10-21(20)24-22(15-27)29(23(24)16-30)26(32)18-7-3-4-8-18/h5-6,9-14,18,22-24,30H,3-4,7-8,16H2,1-2H3/t22-,23-,24+/m0/s1. The third-order valence-electron chi connectivity index (χ3n) is 6.86. The molecular weight excluding hydrogens is 402 g/mol. The van der Waals surface area contributed by atoms with Gasteiger partial charge >= 0.3 is 0 Å². The van der Waals surface area contributed by atoms with Crippen LogP contribution in [0.25, 0.3) is 11.1 Å². The number of carbonyl (C=O) groups is 2. The Morgan fingerprint density at radius 2 is 1.75 bits per heavy atom. The summed E-state index contributed by atoms with van der Waals surface area (Å²) in [4.78, 5) is 28.5. The van der Waals surface area contributed by atoms with Gasteiger partial charge in [-0.1, -0.05) is 49.2 Å². The van der Waals surface area contributed by atoms with Crippen molar-refractivity contribution < 1.29 is 14.7 Å². The van der Waals surface area contributed by atoms with Gasteiger partial charge in [-0.3, -0.25) is 9.59 Å². The number of amides is 2. The van der Waals surface area contributed by atoms with Gasteiger partial charge in [0.05, 0.1) is 18.7 Å². The largest absolute Gasteiger partial charge is 0.394 e. The van der Waals surface area contributed by atoms with Crippen molar-refractivity contribution in [2.45, 2.75) is 43.7 Å². The van der Waals surface area contributed by atoms with Gasteiger partial charge in [-0.25, -0.2) is 0 Å². The van der Waals surface area contributed by atoms with E-state index in [1.54, 1.807) is 31.1 Å². The maximum absolute atomic E-state index is 13.1. The molecule has 0 unspecified atom stereocenters. The molecule has 2 fully saturated rings. The highest BCUT2D eigenvalue weighted by Crippen LogP contribution is 2.45. The summed E-state index contributed by atoms with van der Waals surface area (Å²) < 4.78 is 0. The van der Waals surface area contributed by atoms with Gasteiger partial charge in [-0.15, -0.1) is 0 Å². The average molecular weight is 432 g/mol. The van der Waals surface area contributed by atoms with E-state index < -0.39 is 12.1 Å². The molecule has 1 N–H and O–H groups in total. The van der Waals surface area contributed by atoms with Crippen LogP contribution in [0.5, 0.6) is 0 Å². The van der Waals surface area contributed by atoms with Crippen molar-refractivity contribution in [3.05, 3.63) is 59.7 Å². The second kappa shape index (κ2) is 9.13. The number of carbonyl (C=O) groups excluding carboxylic acids is 2. The first-order chi connectivity index (χ1) is 15.5. The van der Waals surface area contributed by atoms with Crippen molar-refractivity contribution >= 4 is 11.8 Å². The molecule has 2 aromatic rings. The van der Waals surface area contributed by atoms with Crippen molar-refractivity contribution in [3.8, 4) is 17.2 Å². The quantitative estimate of drug-likeness (QED) is 0.786. The van der Waals surface area contributed by atoms with Gasteiger partial charge in [-0.05, 0) is 41.7 Å². The van der Waals surface area contributed by atoms with Crippen LogP contribution in [0.4, 0.5) is 0 Å². The second-order valence-corrected chi connectivity index (χ2v) is 8.94. The summed E-state index contributed by atoms with van der Waals surface area (Å²) >= 11 is 0. The summed E-state index contributed by atoms with van der Waals surface area (Å²) in [6.45, 7) is -0.175. The molecule has 2 amide bonds. The summed E-state index contributed by atoms with van der Waals surface area (Å²) in [5.41, 5.74) is 3.44. The monoisotopic (exact) mass is 431 g/mol. The van der Waals surface area contributed by atoms with Crippen molar-refractivity contribution in [2.75, 3.05) is 20.7 Å². The molecule has 2 aromatic carbocycles. The van der Waals surface area contributed by atoms with Crippen molar-refractivity contribution in [3.63, 3.8) is 0 Å². The third-order valence-corrected chi connectivity index (χ3v) is 6.86. The summed E-state index contributed by atoms with van der Waals surface area (Å²) in [5, 5.41) is 20.1. The lowest BCUT2D eigenvalue weighted by Crippen LogP contribution is -2.66. The van der Waals surface area contributed by atoms with Gasteiger partial charge in [0.25, 0.3) is 5.91 Å². The predicted octanol–water partition coefficient (Wildman–Crippen LogP) is 3.42. The van der Waals surface area contributed by atoms with E-state index in [1.807, 2.05) is 36.4 Å². The number of likely N-dealkylation sites (tertiary alicyclic amines) is 1. The minimum absolute atomic E-state index is 0.00776. The average Bonchev–Trinajstić information content (AvgIpc) is 3.34. The Hall–Kier alpha value is -3.17. The Morgan fingerprint density at radius 3 is 2.34 bits per heavy atom. The predicted molar refractivity (Wildman–Crippen MR) is 122 cm³/mol. The molecule has 0 bridgehead atoms. The zero-order valence-corrected chi connectivity index (χ0v) is 18.6. The van der Waals surface area contributed by atoms with E-state index in [2.05, 4.69) is 6.07 Å². The fourth-order valence-corrected chi connectivity index (χ4v) is 5.17. The zero-order chi connectivity index (χ0) is 22.8. The highest BCUT2D eigenvalue weighted by atomic mass is 16.3.